The fraction of sp³-hybridized carbons (Fsp3) is 0.348. The Balaban J connectivity index is 1.66. The lowest BCUT2D eigenvalue weighted by Crippen LogP contribution is -2.27. The van der Waals surface area contributed by atoms with Gasteiger partial charge in [0.15, 0.2) is 0 Å². The van der Waals surface area contributed by atoms with Gasteiger partial charge in [-0.25, -0.2) is 0 Å². The van der Waals surface area contributed by atoms with E-state index in [9.17, 15) is 14.4 Å². The topological polar surface area (TPSA) is 78.9 Å². The summed E-state index contributed by atoms with van der Waals surface area (Å²) in [5.41, 5.74) is 3.57. The number of amides is 2. The number of hydrogen-bond acceptors (Lipinski definition) is 6. The summed E-state index contributed by atoms with van der Waals surface area (Å²) in [5, 5.41) is 2.67. The minimum atomic E-state index is -0.380. The maximum atomic E-state index is 12.6. The Labute approximate surface area is 186 Å². The summed E-state index contributed by atoms with van der Waals surface area (Å²) in [7, 11) is 3.96. The monoisotopic (exact) mass is 441 g/mol. The van der Waals surface area contributed by atoms with Crippen molar-refractivity contribution in [3.8, 4) is 0 Å². The normalized spacial score (nSPS) is 15.6. The van der Waals surface area contributed by atoms with Crippen LogP contribution in [0, 0.1) is 0 Å². The fourth-order valence-corrected chi connectivity index (χ4v) is 4.44. The van der Waals surface area contributed by atoms with Gasteiger partial charge >= 0.3 is 5.97 Å². The second kappa shape index (κ2) is 10.3. The number of nitrogens with one attached hydrogen (secondary N) is 1. The van der Waals surface area contributed by atoms with E-state index in [-0.39, 0.29) is 36.0 Å². The number of hydrogen-bond donors (Lipinski definition) is 1. The highest BCUT2D eigenvalue weighted by Gasteiger charge is 2.34. The average molecular weight is 442 g/mol. The molecule has 1 fully saturated rings. The third kappa shape index (κ3) is 5.79. The number of anilines is 3. The molecular weight excluding hydrogens is 414 g/mol. The molecule has 1 heterocycles. The van der Waals surface area contributed by atoms with Gasteiger partial charge in [-0.15, -0.1) is 11.8 Å². The SMILES string of the molecule is CCOC(=O)CCC(=O)Nc1ccc([C@H]2SCC(=O)N2c2ccc(N(C)C)cc2)cc1. The van der Waals surface area contributed by atoms with Crippen LogP contribution in [0.3, 0.4) is 0 Å². The quantitative estimate of drug-likeness (QED) is 0.628. The van der Waals surface area contributed by atoms with E-state index in [4.69, 9.17) is 4.74 Å². The van der Waals surface area contributed by atoms with Crippen molar-refractivity contribution in [1.29, 1.82) is 0 Å². The van der Waals surface area contributed by atoms with Crippen LogP contribution < -0.4 is 15.1 Å². The average Bonchev–Trinajstić information content (AvgIpc) is 3.14. The van der Waals surface area contributed by atoms with Crippen molar-refractivity contribution in [3.63, 3.8) is 0 Å². The third-order valence-corrected chi connectivity index (χ3v) is 6.07. The zero-order valence-electron chi connectivity index (χ0n) is 18.0. The van der Waals surface area contributed by atoms with Crippen LogP contribution in [0.1, 0.15) is 30.7 Å². The molecule has 0 unspecified atom stereocenters. The molecule has 0 spiro atoms. The van der Waals surface area contributed by atoms with Crippen LogP contribution in [0.4, 0.5) is 17.1 Å². The van der Waals surface area contributed by atoms with Crippen molar-refractivity contribution in [2.45, 2.75) is 25.1 Å². The molecule has 1 atom stereocenters. The predicted octanol–water partition coefficient (Wildman–Crippen LogP) is 3.81. The molecule has 0 radical (unpaired) electrons. The number of carbonyl (C=O) groups is 3. The molecule has 1 aliphatic heterocycles. The number of nitrogens with zero attached hydrogens (tertiary/aromatic N) is 2. The predicted molar refractivity (Wildman–Crippen MR) is 124 cm³/mol. The van der Waals surface area contributed by atoms with Crippen molar-refractivity contribution < 1.29 is 19.1 Å². The summed E-state index contributed by atoms with van der Waals surface area (Å²) in [4.78, 5) is 39.8. The van der Waals surface area contributed by atoms with Gasteiger partial charge in [0.05, 0.1) is 18.8 Å². The van der Waals surface area contributed by atoms with Crippen LogP contribution in [0.25, 0.3) is 0 Å². The van der Waals surface area contributed by atoms with Crippen LogP contribution in [-0.4, -0.2) is 44.2 Å². The van der Waals surface area contributed by atoms with E-state index < -0.39 is 0 Å². The molecule has 7 nitrogen and oxygen atoms in total. The van der Waals surface area contributed by atoms with Gasteiger partial charge in [0, 0.05) is 37.6 Å². The number of thioether (sulfide) groups is 1. The van der Waals surface area contributed by atoms with Crippen LogP contribution in [0.2, 0.25) is 0 Å². The Morgan fingerprint density at radius 2 is 1.77 bits per heavy atom. The second-order valence-electron chi connectivity index (χ2n) is 7.31. The van der Waals surface area contributed by atoms with E-state index >= 15 is 0 Å². The molecule has 2 amide bonds. The van der Waals surface area contributed by atoms with E-state index in [1.54, 1.807) is 18.7 Å². The number of carbonyl (C=O) groups excluding carboxylic acids is 3. The lowest BCUT2D eigenvalue weighted by molar-refractivity contribution is -0.144. The summed E-state index contributed by atoms with van der Waals surface area (Å²) in [5.74, 6) is -0.126. The van der Waals surface area contributed by atoms with Gasteiger partial charge in [0.2, 0.25) is 11.8 Å². The Bertz CT molecular complexity index is 929. The molecular formula is C23H27N3O4S. The van der Waals surface area contributed by atoms with Crippen LogP contribution in [0.5, 0.6) is 0 Å². The van der Waals surface area contributed by atoms with Crippen LogP contribution >= 0.6 is 11.8 Å². The van der Waals surface area contributed by atoms with Gasteiger partial charge in [-0.05, 0) is 48.9 Å². The Hall–Kier alpha value is -3.00. The molecule has 0 aliphatic carbocycles. The molecule has 1 N–H and O–H groups in total. The van der Waals surface area contributed by atoms with Crippen molar-refractivity contribution in [3.05, 3.63) is 54.1 Å². The number of esters is 1. The van der Waals surface area contributed by atoms with Gasteiger partial charge in [-0.1, -0.05) is 12.1 Å². The van der Waals surface area contributed by atoms with Crippen LogP contribution in [0.15, 0.2) is 48.5 Å². The maximum Gasteiger partial charge on any atom is 0.306 e. The van der Waals surface area contributed by atoms with Gasteiger partial charge in [0.25, 0.3) is 0 Å². The minimum absolute atomic E-state index is 0.0557. The first-order valence-electron chi connectivity index (χ1n) is 10.2. The molecule has 2 aromatic carbocycles. The van der Waals surface area contributed by atoms with Crippen molar-refractivity contribution in [2.75, 3.05) is 41.6 Å². The highest BCUT2D eigenvalue weighted by atomic mass is 32.2. The second-order valence-corrected chi connectivity index (χ2v) is 8.38. The molecule has 0 aromatic heterocycles. The first-order chi connectivity index (χ1) is 14.9. The first kappa shape index (κ1) is 22.7. The highest BCUT2D eigenvalue weighted by molar-refractivity contribution is 8.00. The molecule has 31 heavy (non-hydrogen) atoms. The first-order valence-corrected chi connectivity index (χ1v) is 11.2. The van der Waals surface area contributed by atoms with Gasteiger partial charge in [-0.2, -0.15) is 0 Å². The fourth-order valence-electron chi connectivity index (χ4n) is 3.26. The molecule has 0 saturated carbocycles. The number of rotatable bonds is 8. The third-order valence-electron chi connectivity index (χ3n) is 4.85. The molecule has 8 heteroatoms. The highest BCUT2D eigenvalue weighted by Crippen LogP contribution is 2.42. The minimum Gasteiger partial charge on any atom is -0.466 e. The van der Waals surface area contributed by atoms with E-state index in [0.29, 0.717) is 18.0 Å². The number of benzene rings is 2. The van der Waals surface area contributed by atoms with E-state index in [1.807, 2.05) is 72.4 Å². The Morgan fingerprint density at radius 1 is 1.10 bits per heavy atom. The summed E-state index contributed by atoms with van der Waals surface area (Å²) >= 11 is 1.58. The smallest absolute Gasteiger partial charge is 0.306 e. The molecule has 2 aromatic rings. The van der Waals surface area contributed by atoms with Gasteiger partial charge in [0.1, 0.15) is 5.37 Å². The Kier molecular flexibility index (Phi) is 7.57. The molecule has 3 rings (SSSR count). The summed E-state index contributed by atoms with van der Waals surface area (Å²) in [6.45, 7) is 2.04. The maximum absolute atomic E-state index is 12.6. The summed E-state index contributed by atoms with van der Waals surface area (Å²) < 4.78 is 4.83. The molecule has 1 aliphatic rings. The van der Waals surface area contributed by atoms with Crippen LogP contribution in [-0.2, 0) is 19.1 Å². The van der Waals surface area contributed by atoms with E-state index in [2.05, 4.69) is 5.32 Å². The molecule has 1 saturated heterocycles. The van der Waals surface area contributed by atoms with Gasteiger partial charge in [-0.3, -0.25) is 19.3 Å². The van der Waals surface area contributed by atoms with E-state index in [1.165, 1.54) is 0 Å². The molecule has 0 bridgehead atoms. The molecule has 164 valence electrons. The standard InChI is InChI=1S/C23H27N3O4S/c1-4-30-22(29)14-13-20(27)24-17-7-5-16(6-8-17)23-26(21(28)15-31-23)19-11-9-18(10-12-19)25(2)3/h5-12,23H,4,13-15H2,1-3H3,(H,24,27)/t23-/m1/s1. The summed E-state index contributed by atoms with van der Waals surface area (Å²) in [6.07, 6.45) is 0.129. The van der Waals surface area contributed by atoms with E-state index in [0.717, 1.165) is 16.9 Å². The largest absolute Gasteiger partial charge is 0.466 e. The van der Waals surface area contributed by atoms with Crippen molar-refractivity contribution in [1.82, 2.24) is 0 Å². The van der Waals surface area contributed by atoms with Crippen molar-refractivity contribution in [2.24, 2.45) is 0 Å². The number of ether oxygens (including phenoxy) is 1. The van der Waals surface area contributed by atoms with Crippen molar-refractivity contribution >= 4 is 46.6 Å². The lowest BCUT2D eigenvalue weighted by Gasteiger charge is -2.25. The summed E-state index contributed by atoms with van der Waals surface area (Å²) in [6, 6.07) is 15.4. The Morgan fingerprint density at radius 3 is 2.39 bits per heavy atom. The zero-order chi connectivity index (χ0) is 22.4. The zero-order valence-corrected chi connectivity index (χ0v) is 18.8. The van der Waals surface area contributed by atoms with Gasteiger partial charge < -0.3 is 15.0 Å². The lowest BCUT2D eigenvalue weighted by atomic mass is 10.1.